The molecule has 17 heavy (non-hydrogen) atoms. The van der Waals surface area contributed by atoms with E-state index in [1.807, 2.05) is 30.6 Å². The van der Waals surface area contributed by atoms with Gasteiger partial charge in [-0.25, -0.2) is 4.68 Å². The Balaban J connectivity index is 2.00. The lowest BCUT2D eigenvalue weighted by atomic mass is 9.81. The Morgan fingerprint density at radius 2 is 1.88 bits per heavy atom. The molecule has 0 spiro atoms. The van der Waals surface area contributed by atoms with Gasteiger partial charge in [-0.3, -0.25) is 0 Å². The lowest BCUT2D eigenvalue weighted by Crippen LogP contribution is -2.07. The molecule has 3 rings (SSSR count). The minimum atomic E-state index is 0.626. The summed E-state index contributed by atoms with van der Waals surface area (Å²) in [7, 11) is 0. The number of para-hydroxylation sites is 1. The first-order valence-electron chi connectivity index (χ1n) is 5.74. The second-order valence-electron chi connectivity index (χ2n) is 4.42. The number of benzene rings is 1. The summed E-state index contributed by atoms with van der Waals surface area (Å²) in [4.78, 5) is 0. The Morgan fingerprint density at radius 1 is 1.18 bits per heavy atom. The summed E-state index contributed by atoms with van der Waals surface area (Å²) in [6.45, 7) is 0. The predicted molar refractivity (Wildman–Crippen MR) is 70.2 cm³/mol. The molecule has 4 heteroatoms. The molecule has 0 amide bonds. The van der Waals surface area contributed by atoms with Gasteiger partial charge in [-0.05, 0) is 36.5 Å². The van der Waals surface area contributed by atoms with E-state index in [4.69, 9.17) is 23.2 Å². The van der Waals surface area contributed by atoms with Crippen LogP contribution in [0.4, 0.5) is 0 Å². The van der Waals surface area contributed by atoms with Gasteiger partial charge in [0.15, 0.2) is 0 Å². The highest BCUT2D eigenvalue weighted by Gasteiger charge is 2.21. The summed E-state index contributed by atoms with van der Waals surface area (Å²) >= 11 is 12.3. The van der Waals surface area contributed by atoms with Crippen molar-refractivity contribution in [1.29, 1.82) is 0 Å². The van der Waals surface area contributed by atoms with Gasteiger partial charge < -0.3 is 0 Å². The van der Waals surface area contributed by atoms with Crippen molar-refractivity contribution in [3.8, 4) is 5.69 Å². The molecule has 0 bridgehead atoms. The lowest BCUT2D eigenvalue weighted by Gasteiger charge is -2.23. The van der Waals surface area contributed by atoms with Gasteiger partial charge in [0.1, 0.15) is 5.69 Å². The first-order chi connectivity index (χ1) is 8.25. The Labute approximate surface area is 110 Å². The summed E-state index contributed by atoms with van der Waals surface area (Å²) in [5.74, 6) is 0.671. The molecule has 2 nitrogen and oxygen atoms in total. The van der Waals surface area contributed by atoms with E-state index in [9.17, 15) is 0 Å². The fraction of sp³-hybridized carbons (Fsp3) is 0.308. The zero-order valence-electron chi connectivity index (χ0n) is 9.24. The molecule has 1 aliphatic rings. The van der Waals surface area contributed by atoms with Gasteiger partial charge in [0.05, 0.1) is 16.2 Å². The topological polar surface area (TPSA) is 17.8 Å². The maximum absolute atomic E-state index is 6.16. The largest absolute Gasteiger partial charge is 0.238 e. The van der Waals surface area contributed by atoms with Crippen LogP contribution < -0.4 is 0 Å². The molecule has 1 fully saturated rings. The highest BCUT2D eigenvalue weighted by Crippen LogP contribution is 2.37. The average Bonchev–Trinajstić information content (AvgIpc) is 2.64. The highest BCUT2D eigenvalue weighted by molar-refractivity contribution is 6.37. The number of nitrogens with zero attached hydrogens (tertiary/aromatic N) is 2. The van der Waals surface area contributed by atoms with Gasteiger partial charge in [-0.15, -0.1) is 0 Å². The molecule has 1 saturated carbocycles. The van der Waals surface area contributed by atoms with Crippen LogP contribution in [0.25, 0.3) is 5.69 Å². The zero-order chi connectivity index (χ0) is 11.8. The van der Waals surface area contributed by atoms with Crippen LogP contribution in [-0.2, 0) is 0 Å². The predicted octanol–water partition coefficient (Wildman–Crippen LogP) is 4.45. The fourth-order valence-electron chi connectivity index (χ4n) is 2.12. The monoisotopic (exact) mass is 266 g/mol. The maximum Gasteiger partial charge on any atom is 0.102 e. The highest BCUT2D eigenvalue weighted by atomic mass is 35.5. The van der Waals surface area contributed by atoms with Crippen LogP contribution in [0.1, 0.15) is 30.7 Å². The summed E-state index contributed by atoms with van der Waals surface area (Å²) < 4.78 is 1.78. The molecular weight excluding hydrogens is 255 g/mol. The number of halogens is 2. The molecule has 1 aromatic carbocycles. The maximum atomic E-state index is 6.16. The van der Waals surface area contributed by atoms with E-state index in [-0.39, 0.29) is 0 Å². The Morgan fingerprint density at radius 3 is 2.47 bits per heavy atom. The van der Waals surface area contributed by atoms with Crippen LogP contribution in [0.15, 0.2) is 30.6 Å². The second kappa shape index (κ2) is 4.35. The van der Waals surface area contributed by atoms with E-state index in [1.54, 1.807) is 4.68 Å². The molecule has 0 N–H and O–H groups in total. The van der Waals surface area contributed by atoms with E-state index in [2.05, 4.69) is 5.10 Å². The molecule has 1 heterocycles. The molecule has 0 radical (unpaired) electrons. The van der Waals surface area contributed by atoms with E-state index in [1.165, 1.54) is 24.8 Å². The minimum absolute atomic E-state index is 0.626. The smallest absolute Gasteiger partial charge is 0.102 e. The third-order valence-electron chi connectivity index (χ3n) is 3.35. The first-order valence-corrected chi connectivity index (χ1v) is 6.50. The van der Waals surface area contributed by atoms with Crippen molar-refractivity contribution >= 4 is 23.2 Å². The van der Waals surface area contributed by atoms with Crippen molar-refractivity contribution in [3.05, 3.63) is 46.2 Å². The lowest BCUT2D eigenvalue weighted by molar-refractivity contribution is 0.419. The van der Waals surface area contributed by atoms with Gasteiger partial charge in [-0.1, -0.05) is 35.7 Å². The summed E-state index contributed by atoms with van der Waals surface area (Å²) in [6.07, 6.45) is 7.81. The standard InChI is InChI=1S/C13H12Cl2N2/c14-11-5-2-6-12(15)13(11)17-8-10(7-16-17)9-3-1-4-9/h2,5-9H,1,3-4H2. The summed E-state index contributed by atoms with van der Waals surface area (Å²) in [5, 5.41) is 5.61. The summed E-state index contributed by atoms with van der Waals surface area (Å²) in [5.41, 5.74) is 2.05. The molecule has 1 aromatic heterocycles. The number of aromatic nitrogens is 2. The van der Waals surface area contributed by atoms with Crippen molar-refractivity contribution in [2.75, 3.05) is 0 Å². The molecule has 2 aromatic rings. The van der Waals surface area contributed by atoms with Crippen LogP contribution in [-0.4, -0.2) is 9.78 Å². The quantitative estimate of drug-likeness (QED) is 0.786. The SMILES string of the molecule is Clc1cccc(Cl)c1-n1cc(C2CCC2)cn1. The molecular formula is C13H12Cl2N2. The average molecular weight is 267 g/mol. The van der Waals surface area contributed by atoms with E-state index in [0.29, 0.717) is 16.0 Å². The molecule has 0 atom stereocenters. The van der Waals surface area contributed by atoms with Gasteiger partial charge in [-0.2, -0.15) is 5.10 Å². The molecule has 0 saturated heterocycles. The third-order valence-corrected chi connectivity index (χ3v) is 3.96. The fourth-order valence-corrected chi connectivity index (χ4v) is 2.69. The van der Waals surface area contributed by atoms with Crippen LogP contribution >= 0.6 is 23.2 Å². The number of hydrogen-bond acceptors (Lipinski definition) is 1. The van der Waals surface area contributed by atoms with Gasteiger partial charge in [0.25, 0.3) is 0 Å². The third kappa shape index (κ3) is 1.96. The number of rotatable bonds is 2. The summed E-state index contributed by atoms with van der Waals surface area (Å²) in [6, 6.07) is 5.49. The van der Waals surface area contributed by atoms with E-state index < -0.39 is 0 Å². The molecule has 88 valence electrons. The van der Waals surface area contributed by atoms with Crippen LogP contribution in [0, 0.1) is 0 Å². The van der Waals surface area contributed by atoms with Crippen molar-refractivity contribution in [2.45, 2.75) is 25.2 Å². The Kier molecular flexibility index (Phi) is 2.85. The van der Waals surface area contributed by atoms with Crippen LogP contribution in [0.2, 0.25) is 10.0 Å². The van der Waals surface area contributed by atoms with Crippen LogP contribution in [0.3, 0.4) is 0 Å². The van der Waals surface area contributed by atoms with Crippen LogP contribution in [0.5, 0.6) is 0 Å². The number of hydrogen-bond donors (Lipinski definition) is 0. The van der Waals surface area contributed by atoms with E-state index in [0.717, 1.165) is 5.69 Å². The molecule has 0 aliphatic heterocycles. The first kappa shape index (κ1) is 11.1. The van der Waals surface area contributed by atoms with Gasteiger partial charge in [0, 0.05) is 6.20 Å². The Bertz CT molecular complexity index is 524. The van der Waals surface area contributed by atoms with Gasteiger partial charge in [0.2, 0.25) is 0 Å². The zero-order valence-corrected chi connectivity index (χ0v) is 10.7. The van der Waals surface area contributed by atoms with Gasteiger partial charge >= 0.3 is 0 Å². The second-order valence-corrected chi connectivity index (χ2v) is 5.23. The minimum Gasteiger partial charge on any atom is -0.238 e. The Hall–Kier alpha value is -0.990. The van der Waals surface area contributed by atoms with Crippen molar-refractivity contribution < 1.29 is 0 Å². The normalized spacial score (nSPS) is 15.9. The van der Waals surface area contributed by atoms with Crippen molar-refractivity contribution in [3.63, 3.8) is 0 Å². The van der Waals surface area contributed by atoms with Crippen molar-refractivity contribution in [1.82, 2.24) is 9.78 Å². The molecule has 0 unspecified atom stereocenters. The van der Waals surface area contributed by atoms with E-state index >= 15 is 0 Å². The van der Waals surface area contributed by atoms with Crippen molar-refractivity contribution in [2.24, 2.45) is 0 Å². The molecule has 1 aliphatic carbocycles.